The van der Waals surface area contributed by atoms with Crippen LogP contribution in [0.3, 0.4) is 0 Å². The van der Waals surface area contributed by atoms with E-state index in [-0.39, 0.29) is 11.8 Å². The third kappa shape index (κ3) is 3.59. The molecule has 2 aromatic rings. The average Bonchev–Trinajstić information content (AvgIpc) is 2.97. The van der Waals surface area contributed by atoms with Crippen molar-refractivity contribution in [1.29, 1.82) is 0 Å². The number of hydrogen-bond donors (Lipinski definition) is 2. The van der Waals surface area contributed by atoms with Gasteiger partial charge in [0.25, 0.3) is 0 Å². The molecule has 0 saturated carbocycles. The number of carbonyl (C=O) groups is 2. The van der Waals surface area contributed by atoms with E-state index in [9.17, 15) is 9.59 Å². The molecule has 0 radical (unpaired) electrons. The molecule has 2 N–H and O–H groups in total. The number of thioether (sulfide) groups is 1. The van der Waals surface area contributed by atoms with Crippen LogP contribution in [0.1, 0.15) is 20.3 Å². The Morgan fingerprint density at radius 1 is 1.38 bits per heavy atom. The van der Waals surface area contributed by atoms with Crippen molar-refractivity contribution in [3.63, 3.8) is 0 Å². The Hall–Kier alpha value is -1.95. The van der Waals surface area contributed by atoms with Crippen LogP contribution in [-0.4, -0.2) is 39.5 Å². The number of amides is 2. The number of aromatic nitrogens is 1. The Labute approximate surface area is 146 Å². The van der Waals surface area contributed by atoms with Crippen LogP contribution in [0.15, 0.2) is 36.5 Å². The van der Waals surface area contributed by atoms with Gasteiger partial charge in [0.2, 0.25) is 11.8 Å². The minimum Gasteiger partial charge on any atom is -0.354 e. The highest BCUT2D eigenvalue weighted by atomic mass is 32.2. The first-order valence-corrected chi connectivity index (χ1v) is 9.22. The fraction of sp³-hybridized carbons (Fsp3) is 0.444. The molecule has 3 rings (SSSR count). The lowest BCUT2D eigenvalue weighted by molar-refractivity contribution is -0.129. The molecule has 0 bridgehead atoms. The molecule has 6 heteroatoms. The average molecular weight is 345 g/mol. The SMILES string of the molecule is CC1(C)SCC(C(=O)NCCCn2ccc3ccccc32)NC1=O. The van der Waals surface area contributed by atoms with Crippen LogP contribution < -0.4 is 10.6 Å². The molecule has 0 spiro atoms. The molecular weight excluding hydrogens is 322 g/mol. The van der Waals surface area contributed by atoms with Gasteiger partial charge in [-0.2, -0.15) is 0 Å². The lowest BCUT2D eigenvalue weighted by Gasteiger charge is -2.32. The first-order valence-electron chi connectivity index (χ1n) is 8.24. The summed E-state index contributed by atoms with van der Waals surface area (Å²) >= 11 is 1.53. The van der Waals surface area contributed by atoms with E-state index in [0.29, 0.717) is 12.3 Å². The summed E-state index contributed by atoms with van der Waals surface area (Å²) in [6.45, 7) is 5.21. The van der Waals surface area contributed by atoms with Crippen molar-refractivity contribution in [2.24, 2.45) is 0 Å². The number of nitrogens with one attached hydrogen (secondary N) is 2. The van der Waals surface area contributed by atoms with E-state index in [1.807, 2.05) is 26.0 Å². The van der Waals surface area contributed by atoms with Crippen LogP contribution >= 0.6 is 11.8 Å². The third-order valence-corrected chi connectivity index (χ3v) is 5.74. The maximum atomic E-state index is 12.2. The largest absolute Gasteiger partial charge is 0.354 e. The second kappa shape index (κ2) is 6.89. The van der Waals surface area contributed by atoms with Crippen LogP contribution in [0.4, 0.5) is 0 Å². The molecule has 5 nitrogen and oxygen atoms in total. The summed E-state index contributed by atoms with van der Waals surface area (Å²) in [5, 5.41) is 6.97. The van der Waals surface area contributed by atoms with Gasteiger partial charge in [-0.25, -0.2) is 0 Å². The molecular formula is C18H23N3O2S. The van der Waals surface area contributed by atoms with Crippen molar-refractivity contribution in [3.8, 4) is 0 Å². The van der Waals surface area contributed by atoms with Gasteiger partial charge in [0.05, 0.1) is 4.75 Å². The van der Waals surface area contributed by atoms with Gasteiger partial charge in [0.1, 0.15) is 6.04 Å². The Kier molecular flexibility index (Phi) is 4.85. The molecule has 24 heavy (non-hydrogen) atoms. The number of carbonyl (C=O) groups excluding carboxylic acids is 2. The number of fused-ring (bicyclic) bond motifs is 1. The molecule has 1 aliphatic heterocycles. The molecule has 128 valence electrons. The molecule has 1 saturated heterocycles. The highest BCUT2D eigenvalue weighted by Crippen LogP contribution is 2.28. The van der Waals surface area contributed by atoms with E-state index in [1.54, 1.807) is 0 Å². The smallest absolute Gasteiger partial charge is 0.243 e. The summed E-state index contributed by atoms with van der Waals surface area (Å²) in [6.07, 6.45) is 2.93. The van der Waals surface area contributed by atoms with E-state index in [4.69, 9.17) is 0 Å². The van der Waals surface area contributed by atoms with Gasteiger partial charge in [-0.15, -0.1) is 11.8 Å². The fourth-order valence-corrected chi connectivity index (χ4v) is 3.80. The van der Waals surface area contributed by atoms with Crippen molar-refractivity contribution >= 4 is 34.5 Å². The maximum Gasteiger partial charge on any atom is 0.243 e. The van der Waals surface area contributed by atoms with E-state index in [1.165, 1.54) is 22.7 Å². The molecule has 2 amide bonds. The van der Waals surface area contributed by atoms with E-state index < -0.39 is 10.8 Å². The summed E-state index contributed by atoms with van der Waals surface area (Å²) in [7, 11) is 0. The van der Waals surface area contributed by atoms with Crippen molar-refractivity contribution < 1.29 is 9.59 Å². The third-order valence-electron chi connectivity index (χ3n) is 4.33. The van der Waals surface area contributed by atoms with E-state index >= 15 is 0 Å². The first-order chi connectivity index (χ1) is 11.5. The van der Waals surface area contributed by atoms with Crippen LogP contribution in [0.2, 0.25) is 0 Å². The fourth-order valence-electron chi connectivity index (χ4n) is 2.79. The number of para-hydroxylation sites is 1. The van der Waals surface area contributed by atoms with Crippen LogP contribution in [0, 0.1) is 0 Å². The Balaban J connectivity index is 1.45. The normalized spacial score (nSPS) is 19.9. The van der Waals surface area contributed by atoms with Gasteiger partial charge in [0, 0.05) is 30.6 Å². The predicted molar refractivity (Wildman–Crippen MR) is 98.0 cm³/mol. The predicted octanol–water partition coefficient (Wildman–Crippen LogP) is 2.16. The Morgan fingerprint density at radius 3 is 2.96 bits per heavy atom. The quantitative estimate of drug-likeness (QED) is 0.816. The molecule has 0 aliphatic carbocycles. The van der Waals surface area contributed by atoms with Gasteiger partial charge in [0.15, 0.2) is 0 Å². The number of nitrogens with zero attached hydrogens (tertiary/aromatic N) is 1. The van der Waals surface area contributed by atoms with Gasteiger partial charge in [-0.3, -0.25) is 9.59 Å². The zero-order valence-electron chi connectivity index (χ0n) is 14.0. The van der Waals surface area contributed by atoms with Gasteiger partial charge in [-0.1, -0.05) is 18.2 Å². The summed E-state index contributed by atoms with van der Waals surface area (Å²) in [5.41, 5.74) is 1.21. The van der Waals surface area contributed by atoms with Gasteiger partial charge >= 0.3 is 0 Å². The molecule has 1 aliphatic rings. The topological polar surface area (TPSA) is 63.1 Å². The van der Waals surface area contributed by atoms with Crippen LogP contribution in [-0.2, 0) is 16.1 Å². The van der Waals surface area contributed by atoms with Crippen LogP contribution in [0.5, 0.6) is 0 Å². The summed E-state index contributed by atoms with van der Waals surface area (Å²) in [4.78, 5) is 24.1. The molecule has 1 aromatic heterocycles. The molecule has 1 atom stereocenters. The minimum absolute atomic E-state index is 0.0716. The number of rotatable bonds is 5. The Morgan fingerprint density at radius 2 is 2.17 bits per heavy atom. The van der Waals surface area contributed by atoms with Crippen LogP contribution in [0.25, 0.3) is 10.9 Å². The lowest BCUT2D eigenvalue weighted by atomic mass is 10.1. The minimum atomic E-state index is -0.452. The first kappa shape index (κ1) is 16.9. The van der Waals surface area contributed by atoms with Crippen molar-refractivity contribution in [2.45, 2.75) is 37.6 Å². The van der Waals surface area contributed by atoms with E-state index in [2.05, 4.69) is 39.6 Å². The highest BCUT2D eigenvalue weighted by Gasteiger charge is 2.37. The second-order valence-electron chi connectivity index (χ2n) is 6.56. The number of aryl methyl sites for hydroxylation is 1. The molecule has 2 heterocycles. The van der Waals surface area contributed by atoms with Crippen molar-refractivity contribution in [1.82, 2.24) is 15.2 Å². The molecule has 1 aromatic carbocycles. The lowest BCUT2D eigenvalue weighted by Crippen LogP contribution is -2.57. The zero-order valence-corrected chi connectivity index (χ0v) is 14.9. The summed E-state index contributed by atoms with van der Waals surface area (Å²) < 4.78 is 1.74. The van der Waals surface area contributed by atoms with Gasteiger partial charge < -0.3 is 15.2 Å². The Bertz CT molecular complexity index is 754. The zero-order chi connectivity index (χ0) is 17.2. The van der Waals surface area contributed by atoms with Crippen molar-refractivity contribution in [2.75, 3.05) is 12.3 Å². The van der Waals surface area contributed by atoms with Crippen molar-refractivity contribution in [3.05, 3.63) is 36.5 Å². The van der Waals surface area contributed by atoms with Gasteiger partial charge in [-0.05, 0) is 37.8 Å². The molecule has 1 unspecified atom stereocenters. The maximum absolute atomic E-state index is 12.2. The highest BCUT2D eigenvalue weighted by molar-refractivity contribution is 8.01. The second-order valence-corrected chi connectivity index (χ2v) is 8.20. The number of benzene rings is 1. The standard InChI is InChI=1S/C18H23N3O2S/c1-18(2)17(23)20-14(12-24-18)16(22)19-9-5-10-21-11-8-13-6-3-4-7-15(13)21/h3-4,6-8,11,14H,5,9-10,12H2,1-2H3,(H,19,22)(H,20,23). The summed E-state index contributed by atoms with van der Waals surface area (Å²) in [6, 6.07) is 9.94. The monoisotopic (exact) mass is 345 g/mol. The number of hydrogen-bond acceptors (Lipinski definition) is 3. The van der Waals surface area contributed by atoms with E-state index in [0.717, 1.165) is 13.0 Å². The molecule has 1 fully saturated rings. The summed E-state index contributed by atoms with van der Waals surface area (Å²) in [5.74, 6) is 0.453.